The van der Waals surface area contributed by atoms with E-state index in [0.29, 0.717) is 11.8 Å². The van der Waals surface area contributed by atoms with Crippen molar-refractivity contribution < 1.29 is 15.0 Å². The third-order valence-electron chi connectivity index (χ3n) is 6.42. The number of carbonyl (C=O) groups is 1. The van der Waals surface area contributed by atoms with Gasteiger partial charge < -0.3 is 10.2 Å². The van der Waals surface area contributed by atoms with Crippen LogP contribution in [0.1, 0.15) is 44.1 Å². The molecule has 112 valence electrons. The van der Waals surface area contributed by atoms with Crippen molar-refractivity contribution in [3.05, 3.63) is 29.8 Å². The largest absolute Gasteiger partial charge is 0.508 e. The maximum atomic E-state index is 11.6. The van der Waals surface area contributed by atoms with E-state index in [1.165, 1.54) is 32.1 Å². The Morgan fingerprint density at radius 3 is 2.24 bits per heavy atom. The van der Waals surface area contributed by atoms with Crippen molar-refractivity contribution in [2.24, 2.45) is 23.7 Å². The minimum atomic E-state index is -0.703. The number of aliphatic carboxylic acids is 1. The number of carboxylic acid groups (broad SMARTS) is 1. The minimum absolute atomic E-state index is 0.214. The normalized spacial score (nSPS) is 40.4. The number of aromatic hydroxyl groups is 1. The summed E-state index contributed by atoms with van der Waals surface area (Å²) in [5, 5.41) is 19.4. The predicted octanol–water partition coefficient (Wildman–Crippen LogP) is 3.56. The molecule has 0 aromatic heterocycles. The number of carboxylic acids is 1. The molecule has 1 aromatic carbocycles. The van der Waals surface area contributed by atoms with Crippen LogP contribution in [0, 0.1) is 23.7 Å². The summed E-state index contributed by atoms with van der Waals surface area (Å²) in [6, 6.07) is 7.38. The fourth-order valence-electron chi connectivity index (χ4n) is 5.93. The van der Waals surface area contributed by atoms with Gasteiger partial charge >= 0.3 is 5.97 Å². The molecule has 4 aliphatic carbocycles. The van der Waals surface area contributed by atoms with Gasteiger partial charge in [0.2, 0.25) is 0 Å². The van der Waals surface area contributed by atoms with Gasteiger partial charge in [-0.15, -0.1) is 0 Å². The van der Waals surface area contributed by atoms with Crippen LogP contribution in [-0.4, -0.2) is 16.2 Å². The topological polar surface area (TPSA) is 57.5 Å². The molecular formula is C18H22O3. The number of phenols is 1. The second-order valence-electron chi connectivity index (χ2n) is 7.47. The SMILES string of the molecule is O=C(O)CC1(c2cccc(O)c2)C2CC3CC(C2)CC1C3. The van der Waals surface area contributed by atoms with E-state index in [2.05, 4.69) is 0 Å². The zero-order chi connectivity index (χ0) is 14.6. The molecule has 4 bridgehead atoms. The number of phenolic OH excluding ortho intramolecular Hbond substituents is 1. The van der Waals surface area contributed by atoms with Crippen molar-refractivity contribution in [1.82, 2.24) is 0 Å². The first kappa shape index (κ1) is 13.2. The third-order valence-corrected chi connectivity index (χ3v) is 6.42. The molecule has 4 saturated carbocycles. The summed E-state index contributed by atoms with van der Waals surface area (Å²) in [6.45, 7) is 0. The van der Waals surface area contributed by atoms with Crippen molar-refractivity contribution in [3.63, 3.8) is 0 Å². The van der Waals surface area contributed by atoms with Crippen molar-refractivity contribution in [2.45, 2.75) is 43.9 Å². The molecule has 0 saturated heterocycles. The summed E-state index contributed by atoms with van der Waals surface area (Å²) >= 11 is 0. The Morgan fingerprint density at radius 1 is 1.10 bits per heavy atom. The van der Waals surface area contributed by atoms with Gasteiger partial charge in [-0.25, -0.2) is 0 Å². The molecule has 2 N–H and O–H groups in total. The molecular weight excluding hydrogens is 264 g/mol. The maximum Gasteiger partial charge on any atom is 0.304 e. The fraction of sp³-hybridized carbons (Fsp3) is 0.611. The van der Waals surface area contributed by atoms with Crippen LogP contribution in [0.25, 0.3) is 0 Å². The molecule has 0 heterocycles. The molecule has 0 spiro atoms. The summed E-state index contributed by atoms with van der Waals surface area (Å²) in [4.78, 5) is 11.6. The molecule has 0 aliphatic heterocycles. The molecule has 3 nitrogen and oxygen atoms in total. The van der Waals surface area contributed by atoms with Crippen molar-refractivity contribution in [2.75, 3.05) is 0 Å². The molecule has 21 heavy (non-hydrogen) atoms. The Bertz CT molecular complexity index is 550. The van der Waals surface area contributed by atoms with Crippen LogP contribution in [0.2, 0.25) is 0 Å². The zero-order valence-electron chi connectivity index (χ0n) is 12.2. The lowest BCUT2D eigenvalue weighted by molar-refractivity contribution is -0.144. The van der Waals surface area contributed by atoms with Gasteiger partial charge in [-0.3, -0.25) is 4.79 Å². The van der Waals surface area contributed by atoms with Crippen LogP contribution in [0.4, 0.5) is 0 Å². The van der Waals surface area contributed by atoms with Crippen LogP contribution in [0.5, 0.6) is 5.75 Å². The average molecular weight is 286 g/mol. The molecule has 0 radical (unpaired) electrons. The first-order valence-electron chi connectivity index (χ1n) is 8.09. The van der Waals surface area contributed by atoms with E-state index in [-0.39, 0.29) is 17.6 Å². The highest BCUT2D eigenvalue weighted by Gasteiger charge is 2.58. The summed E-state index contributed by atoms with van der Waals surface area (Å²) in [6.07, 6.45) is 6.28. The number of rotatable bonds is 3. The minimum Gasteiger partial charge on any atom is -0.508 e. The highest BCUT2D eigenvalue weighted by molar-refractivity contribution is 5.69. The van der Waals surface area contributed by atoms with Gasteiger partial charge in [0.05, 0.1) is 6.42 Å². The van der Waals surface area contributed by atoms with Crippen LogP contribution in [-0.2, 0) is 10.2 Å². The Kier molecular flexibility index (Phi) is 2.82. The molecule has 0 unspecified atom stereocenters. The molecule has 5 rings (SSSR count). The van der Waals surface area contributed by atoms with Gasteiger partial charge in [-0.2, -0.15) is 0 Å². The van der Waals surface area contributed by atoms with E-state index in [9.17, 15) is 15.0 Å². The lowest BCUT2D eigenvalue weighted by atomic mass is 9.43. The van der Waals surface area contributed by atoms with Crippen molar-refractivity contribution >= 4 is 5.97 Å². The van der Waals surface area contributed by atoms with E-state index in [4.69, 9.17) is 0 Å². The molecule has 0 atom stereocenters. The Morgan fingerprint density at radius 2 is 1.71 bits per heavy atom. The first-order valence-corrected chi connectivity index (χ1v) is 8.09. The lowest BCUT2D eigenvalue weighted by Gasteiger charge is -2.61. The van der Waals surface area contributed by atoms with Crippen LogP contribution < -0.4 is 0 Å². The van der Waals surface area contributed by atoms with Crippen LogP contribution >= 0.6 is 0 Å². The molecule has 1 aromatic rings. The summed E-state index contributed by atoms with van der Waals surface area (Å²) in [7, 11) is 0. The number of hydrogen-bond acceptors (Lipinski definition) is 2. The van der Waals surface area contributed by atoms with Crippen molar-refractivity contribution in [1.29, 1.82) is 0 Å². The monoisotopic (exact) mass is 286 g/mol. The van der Waals surface area contributed by atoms with Gasteiger partial charge in [0, 0.05) is 5.41 Å². The average Bonchev–Trinajstić information content (AvgIpc) is 2.42. The van der Waals surface area contributed by atoms with Crippen LogP contribution in [0.3, 0.4) is 0 Å². The third kappa shape index (κ3) is 1.90. The van der Waals surface area contributed by atoms with Crippen molar-refractivity contribution in [3.8, 4) is 5.75 Å². The Balaban J connectivity index is 1.83. The number of benzene rings is 1. The highest BCUT2D eigenvalue weighted by Crippen LogP contribution is 2.64. The molecule has 4 fully saturated rings. The van der Waals surface area contributed by atoms with E-state index < -0.39 is 5.97 Å². The Labute approximate surface area is 125 Å². The maximum absolute atomic E-state index is 11.6. The second-order valence-corrected chi connectivity index (χ2v) is 7.47. The van der Waals surface area contributed by atoms with Gasteiger partial charge in [-0.1, -0.05) is 12.1 Å². The summed E-state index contributed by atoms with van der Waals surface area (Å²) < 4.78 is 0. The second kappa shape index (κ2) is 4.49. The van der Waals surface area contributed by atoms with E-state index in [1.807, 2.05) is 18.2 Å². The van der Waals surface area contributed by atoms with Gasteiger partial charge in [-0.05, 0) is 73.5 Å². The van der Waals surface area contributed by atoms with Gasteiger partial charge in [0.15, 0.2) is 0 Å². The zero-order valence-corrected chi connectivity index (χ0v) is 12.2. The first-order chi connectivity index (χ1) is 10.1. The Hall–Kier alpha value is -1.51. The van der Waals surface area contributed by atoms with Crippen LogP contribution in [0.15, 0.2) is 24.3 Å². The summed E-state index contributed by atoms with van der Waals surface area (Å²) in [5.41, 5.74) is 0.802. The van der Waals surface area contributed by atoms with Gasteiger partial charge in [0.25, 0.3) is 0 Å². The standard InChI is InChI=1S/C18H22O3/c19-16-3-1-2-13(9-16)18(10-17(20)21)14-5-11-4-12(7-14)8-15(18)6-11/h1-3,9,11-12,14-15,19H,4-8,10H2,(H,20,21). The summed E-state index contributed by atoms with van der Waals surface area (Å²) in [5.74, 6) is 2.13. The number of hydrogen-bond donors (Lipinski definition) is 2. The lowest BCUT2D eigenvalue weighted by Crippen LogP contribution is -2.56. The quantitative estimate of drug-likeness (QED) is 0.893. The van der Waals surface area contributed by atoms with E-state index >= 15 is 0 Å². The van der Waals surface area contributed by atoms with E-state index in [0.717, 1.165) is 17.4 Å². The van der Waals surface area contributed by atoms with Gasteiger partial charge in [0.1, 0.15) is 5.75 Å². The highest BCUT2D eigenvalue weighted by atomic mass is 16.4. The molecule has 3 heteroatoms. The molecule has 4 aliphatic rings. The fourth-order valence-corrected chi connectivity index (χ4v) is 5.93. The smallest absolute Gasteiger partial charge is 0.304 e. The van der Waals surface area contributed by atoms with E-state index in [1.54, 1.807) is 6.07 Å². The predicted molar refractivity (Wildman–Crippen MR) is 79.1 cm³/mol. The molecule has 0 amide bonds.